The van der Waals surface area contributed by atoms with Crippen molar-refractivity contribution in [3.8, 4) is 0 Å². The van der Waals surface area contributed by atoms with E-state index in [9.17, 15) is 4.79 Å². The summed E-state index contributed by atoms with van der Waals surface area (Å²) in [6, 6.07) is 10.6. The fraction of sp³-hybridized carbons (Fsp3) is 0.500. The molecule has 3 rings (SSSR count). The van der Waals surface area contributed by atoms with Crippen LogP contribution in [0.2, 0.25) is 0 Å². The maximum absolute atomic E-state index is 12.7. The summed E-state index contributed by atoms with van der Waals surface area (Å²) in [7, 11) is 2.14. The van der Waals surface area contributed by atoms with Gasteiger partial charge in [0.2, 0.25) is 5.91 Å². The van der Waals surface area contributed by atoms with Crippen LogP contribution in [0.3, 0.4) is 0 Å². The van der Waals surface area contributed by atoms with Crippen LogP contribution in [-0.2, 0) is 4.79 Å². The molecule has 0 saturated carbocycles. The summed E-state index contributed by atoms with van der Waals surface area (Å²) in [6.07, 6.45) is 7.35. The Morgan fingerprint density at radius 1 is 1.24 bits per heavy atom. The number of hydrogen-bond acceptors (Lipinski definition) is 2. The SMILES string of the molecule is CN1CCN(C(=O)CC2C=CCC2)C(c2ccccc2)C1. The highest BCUT2D eigenvalue weighted by Crippen LogP contribution is 2.28. The zero-order chi connectivity index (χ0) is 14.7. The zero-order valence-electron chi connectivity index (χ0n) is 12.7. The number of benzene rings is 1. The van der Waals surface area contributed by atoms with Crippen LogP contribution >= 0.6 is 0 Å². The van der Waals surface area contributed by atoms with Gasteiger partial charge < -0.3 is 9.80 Å². The Bertz CT molecular complexity index is 511. The Labute approximate surface area is 127 Å². The first-order valence-electron chi connectivity index (χ1n) is 7.93. The second-order valence-electron chi connectivity index (χ2n) is 6.25. The maximum Gasteiger partial charge on any atom is 0.223 e. The fourth-order valence-electron chi connectivity index (χ4n) is 3.39. The number of likely N-dealkylation sites (N-methyl/N-ethyl adjacent to an activating group) is 1. The second kappa shape index (κ2) is 6.44. The van der Waals surface area contributed by atoms with Gasteiger partial charge in [-0.2, -0.15) is 0 Å². The normalized spacial score (nSPS) is 26.2. The Kier molecular flexibility index (Phi) is 4.39. The quantitative estimate of drug-likeness (QED) is 0.797. The molecule has 0 radical (unpaired) electrons. The second-order valence-corrected chi connectivity index (χ2v) is 6.25. The molecule has 2 aliphatic rings. The Balaban J connectivity index is 1.74. The molecule has 1 fully saturated rings. The van der Waals surface area contributed by atoms with Crippen molar-refractivity contribution in [3.05, 3.63) is 48.0 Å². The van der Waals surface area contributed by atoms with Gasteiger partial charge in [0.05, 0.1) is 6.04 Å². The number of piperazine rings is 1. The van der Waals surface area contributed by atoms with E-state index in [-0.39, 0.29) is 6.04 Å². The molecule has 3 heteroatoms. The van der Waals surface area contributed by atoms with Crippen molar-refractivity contribution in [1.29, 1.82) is 0 Å². The molecule has 1 amide bonds. The topological polar surface area (TPSA) is 23.6 Å². The zero-order valence-corrected chi connectivity index (χ0v) is 12.7. The first-order valence-corrected chi connectivity index (χ1v) is 7.93. The van der Waals surface area contributed by atoms with Gasteiger partial charge in [0, 0.05) is 26.1 Å². The van der Waals surface area contributed by atoms with Gasteiger partial charge >= 0.3 is 0 Å². The Morgan fingerprint density at radius 3 is 2.76 bits per heavy atom. The molecule has 1 heterocycles. The van der Waals surface area contributed by atoms with Crippen LogP contribution in [0.4, 0.5) is 0 Å². The van der Waals surface area contributed by atoms with Gasteiger partial charge in [-0.05, 0) is 31.4 Å². The molecule has 0 N–H and O–H groups in total. The molecule has 0 aromatic heterocycles. The average molecular weight is 284 g/mol. The molecule has 0 spiro atoms. The largest absolute Gasteiger partial charge is 0.333 e. The average Bonchev–Trinajstić information content (AvgIpc) is 3.01. The van der Waals surface area contributed by atoms with Crippen LogP contribution in [0, 0.1) is 5.92 Å². The van der Waals surface area contributed by atoms with E-state index < -0.39 is 0 Å². The van der Waals surface area contributed by atoms with Crippen LogP contribution in [0.25, 0.3) is 0 Å². The predicted octanol–water partition coefficient (Wildman–Crippen LogP) is 2.86. The monoisotopic (exact) mass is 284 g/mol. The van der Waals surface area contributed by atoms with Gasteiger partial charge in [0.1, 0.15) is 0 Å². The summed E-state index contributed by atoms with van der Waals surface area (Å²) in [5.41, 5.74) is 1.25. The van der Waals surface area contributed by atoms with E-state index in [0.717, 1.165) is 32.5 Å². The summed E-state index contributed by atoms with van der Waals surface area (Å²) in [5, 5.41) is 0. The van der Waals surface area contributed by atoms with Gasteiger partial charge in [-0.3, -0.25) is 4.79 Å². The van der Waals surface area contributed by atoms with Crippen molar-refractivity contribution in [1.82, 2.24) is 9.80 Å². The van der Waals surface area contributed by atoms with E-state index >= 15 is 0 Å². The number of carbonyl (C=O) groups excluding carboxylic acids is 1. The van der Waals surface area contributed by atoms with Gasteiger partial charge in [-0.1, -0.05) is 42.5 Å². The van der Waals surface area contributed by atoms with Crippen molar-refractivity contribution in [3.63, 3.8) is 0 Å². The third-order valence-corrected chi connectivity index (χ3v) is 4.64. The van der Waals surface area contributed by atoms with Gasteiger partial charge in [-0.15, -0.1) is 0 Å². The number of allylic oxidation sites excluding steroid dienone is 2. The third kappa shape index (κ3) is 3.35. The van der Waals surface area contributed by atoms with Gasteiger partial charge in [-0.25, -0.2) is 0 Å². The van der Waals surface area contributed by atoms with E-state index in [1.807, 2.05) is 6.07 Å². The van der Waals surface area contributed by atoms with Crippen LogP contribution in [0.15, 0.2) is 42.5 Å². The number of nitrogens with zero attached hydrogens (tertiary/aromatic N) is 2. The lowest BCUT2D eigenvalue weighted by molar-refractivity contribution is -0.136. The number of carbonyl (C=O) groups is 1. The highest BCUT2D eigenvalue weighted by Gasteiger charge is 2.31. The van der Waals surface area contributed by atoms with Crippen molar-refractivity contribution in [2.45, 2.75) is 25.3 Å². The minimum Gasteiger partial charge on any atom is -0.333 e. The Morgan fingerprint density at radius 2 is 2.05 bits per heavy atom. The molecule has 2 atom stereocenters. The van der Waals surface area contributed by atoms with E-state index in [2.05, 4.69) is 53.3 Å². The summed E-state index contributed by atoms with van der Waals surface area (Å²) < 4.78 is 0. The van der Waals surface area contributed by atoms with Crippen LogP contribution in [0.1, 0.15) is 30.9 Å². The van der Waals surface area contributed by atoms with E-state index in [0.29, 0.717) is 18.2 Å². The first-order chi connectivity index (χ1) is 10.2. The lowest BCUT2D eigenvalue weighted by Gasteiger charge is -2.40. The molecule has 1 aliphatic heterocycles. The smallest absolute Gasteiger partial charge is 0.223 e. The number of amides is 1. The summed E-state index contributed by atoms with van der Waals surface area (Å²) >= 11 is 0. The van der Waals surface area contributed by atoms with Crippen molar-refractivity contribution in [2.24, 2.45) is 5.92 Å². The molecule has 1 saturated heterocycles. The number of rotatable bonds is 3. The minimum absolute atomic E-state index is 0.197. The molecule has 2 unspecified atom stereocenters. The predicted molar refractivity (Wildman–Crippen MR) is 84.9 cm³/mol. The molecular formula is C18H24N2O. The highest BCUT2D eigenvalue weighted by molar-refractivity contribution is 5.77. The summed E-state index contributed by atoms with van der Waals surface area (Å²) in [5.74, 6) is 0.766. The summed E-state index contributed by atoms with van der Waals surface area (Å²) in [6.45, 7) is 2.73. The van der Waals surface area contributed by atoms with Crippen LogP contribution in [0.5, 0.6) is 0 Å². The molecule has 21 heavy (non-hydrogen) atoms. The van der Waals surface area contributed by atoms with Crippen LogP contribution < -0.4 is 0 Å². The van der Waals surface area contributed by atoms with E-state index in [1.54, 1.807) is 0 Å². The molecular weight excluding hydrogens is 260 g/mol. The maximum atomic E-state index is 12.7. The van der Waals surface area contributed by atoms with Crippen molar-refractivity contribution >= 4 is 5.91 Å². The molecule has 1 aromatic carbocycles. The Hall–Kier alpha value is -1.61. The first kappa shape index (κ1) is 14.3. The molecule has 0 bridgehead atoms. The third-order valence-electron chi connectivity index (χ3n) is 4.64. The van der Waals surface area contributed by atoms with E-state index in [1.165, 1.54) is 5.56 Å². The minimum atomic E-state index is 0.197. The van der Waals surface area contributed by atoms with Crippen molar-refractivity contribution < 1.29 is 4.79 Å². The van der Waals surface area contributed by atoms with Gasteiger partial charge in [0.25, 0.3) is 0 Å². The molecule has 1 aromatic rings. The highest BCUT2D eigenvalue weighted by atomic mass is 16.2. The standard InChI is InChI=1S/C18H24N2O/c1-19-11-12-20(18(21)13-15-7-5-6-8-15)17(14-19)16-9-3-2-4-10-16/h2-5,7,9-10,15,17H,6,8,11-14H2,1H3. The fourth-order valence-corrected chi connectivity index (χ4v) is 3.39. The number of hydrogen-bond donors (Lipinski definition) is 0. The van der Waals surface area contributed by atoms with Crippen LogP contribution in [-0.4, -0.2) is 42.4 Å². The van der Waals surface area contributed by atoms with E-state index in [4.69, 9.17) is 0 Å². The molecule has 1 aliphatic carbocycles. The molecule has 3 nitrogen and oxygen atoms in total. The van der Waals surface area contributed by atoms with Gasteiger partial charge in [0.15, 0.2) is 0 Å². The lowest BCUT2D eigenvalue weighted by atomic mass is 9.99. The van der Waals surface area contributed by atoms with Crippen molar-refractivity contribution in [2.75, 3.05) is 26.7 Å². The lowest BCUT2D eigenvalue weighted by Crippen LogP contribution is -2.49. The molecule has 112 valence electrons. The summed E-state index contributed by atoms with van der Waals surface area (Å²) in [4.78, 5) is 17.1.